The van der Waals surface area contributed by atoms with Gasteiger partial charge in [0.25, 0.3) is 5.91 Å². The van der Waals surface area contributed by atoms with Gasteiger partial charge in [-0.15, -0.1) is 0 Å². The highest BCUT2D eigenvalue weighted by atomic mass is 16.2. The van der Waals surface area contributed by atoms with E-state index in [1.165, 1.54) is 4.90 Å². The number of nitrogens with one attached hydrogen (secondary N) is 1. The van der Waals surface area contributed by atoms with Gasteiger partial charge in [-0.1, -0.05) is 0 Å². The topological polar surface area (TPSA) is 65.5 Å². The lowest BCUT2D eigenvalue weighted by atomic mass is 10.1. The van der Waals surface area contributed by atoms with Crippen LogP contribution >= 0.6 is 0 Å². The number of pyridine rings is 1. The van der Waals surface area contributed by atoms with Crippen molar-refractivity contribution >= 4 is 17.6 Å². The Morgan fingerprint density at radius 1 is 1.24 bits per heavy atom. The fraction of sp³-hybridized carbons (Fsp3) is 0.533. The summed E-state index contributed by atoms with van der Waals surface area (Å²) in [5.74, 6) is 0.176. The Morgan fingerprint density at radius 3 is 2.38 bits per heavy atom. The van der Waals surface area contributed by atoms with Gasteiger partial charge in [-0.2, -0.15) is 0 Å². The molecule has 6 heteroatoms. The van der Waals surface area contributed by atoms with Gasteiger partial charge in [-0.05, 0) is 32.9 Å². The minimum Gasteiger partial charge on any atom is -0.362 e. The highest BCUT2D eigenvalue weighted by molar-refractivity contribution is 6.00. The molecule has 0 aliphatic carbocycles. The smallest absolute Gasteiger partial charge is 0.257 e. The second-order valence-electron chi connectivity index (χ2n) is 6.23. The Morgan fingerprint density at radius 2 is 1.86 bits per heavy atom. The molecule has 0 radical (unpaired) electrons. The van der Waals surface area contributed by atoms with Crippen LogP contribution in [0.2, 0.25) is 0 Å². The lowest BCUT2D eigenvalue weighted by Gasteiger charge is -2.24. The Kier molecular flexibility index (Phi) is 5.29. The molecule has 0 atom stereocenters. The van der Waals surface area contributed by atoms with Gasteiger partial charge < -0.3 is 15.1 Å². The number of hydrogen-bond acceptors (Lipinski definition) is 4. The molecule has 6 nitrogen and oxygen atoms in total. The molecule has 0 aliphatic heterocycles. The van der Waals surface area contributed by atoms with Crippen molar-refractivity contribution in [2.45, 2.75) is 26.3 Å². The summed E-state index contributed by atoms with van der Waals surface area (Å²) in [7, 11) is 5.26. The Balaban J connectivity index is 2.82. The molecule has 1 N–H and O–H groups in total. The fourth-order valence-electron chi connectivity index (χ4n) is 1.87. The Labute approximate surface area is 126 Å². The molecular formula is C15H24N4O2. The molecule has 0 unspecified atom stereocenters. The van der Waals surface area contributed by atoms with E-state index in [1.807, 2.05) is 34.9 Å². The van der Waals surface area contributed by atoms with Gasteiger partial charge >= 0.3 is 0 Å². The van der Waals surface area contributed by atoms with E-state index in [1.54, 1.807) is 30.3 Å². The predicted octanol–water partition coefficient (Wildman–Crippen LogP) is 1.13. The normalized spacial score (nSPS) is 11.0. The van der Waals surface area contributed by atoms with E-state index in [4.69, 9.17) is 0 Å². The molecule has 0 spiro atoms. The van der Waals surface area contributed by atoms with Crippen molar-refractivity contribution in [3.63, 3.8) is 0 Å². The molecule has 116 valence electrons. The maximum atomic E-state index is 12.5. The average Bonchev–Trinajstić information content (AvgIpc) is 2.35. The number of hydrogen-bond donors (Lipinski definition) is 1. The number of anilines is 1. The van der Waals surface area contributed by atoms with Gasteiger partial charge in [0.15, 0.2) is 0 Å². The SMILES string of the molecule is CN(CC(=O)NC(C)(C)C)C(=O)c1cccnc1N(C)C. The third-order valence-corrected chi connectivity index (χ3v) is 2.68. The number of aromatic nitrogens is 1. The van der Waals surface area contributed by atoms with Crippen LogP contribution in [0, 0.1) is 0 Å². The first kappa shape index (κ1) is 16.9. The van der Waals surface area contributed by atoms with Gasteiger partial charge in [0, 0.05) is 32.9 Å². The Bertz CT molecular complexity index is 521. The maximum Gasteiger partial charge on any atom is 0.257 e. The molecule has 0 fully saturated rings. The number of nitrogens with zero attached hydrogens (tertiary/aromatic N) is 3. The van der Waals surface area contributed by atoms with E-state index >= 15 is 0 Å². The summed E-state index contributed by atoms with van der Waals surface area (Å²) >= 11 is 0. The molecule has 0 aliphatic rings. The predicted molar refractivity (Wildman–Crippen MR) is 83.4 cm³/mol. The summed E-state index contributed by atoms with van der Waals surface area (Å²) in [4.78, 5) is 31.7. The summed E-state index contributed by atoms with van der Waals surface area (Å²) in [6.07, 6.45) is 1.64. The van der Waals surface area contributed by atoms with E-state index in [9.17, 15) is 9.59 Å². The summed E-state index contributed by atoms with van der Waals surface area (Å²) in [6, 6.07) is 3.42. The zero-order valence-electron chi connectivity index (χ0n) is 13.6. The molecule has 1 aromatic rings. The summed E-state index contributed by atoms with van der Waals surface area (Å²) in [5.41, 5.74) is 0.165. The lowest BCUT2D eigenvalue weighted by Crippen LogP contribution is -2.46. The van der Waals surface area contributed by atoms with Crippen molar-refractivity contribution in [1.82, 2.24) is 15.2 Å². The second-order valence-corrected chi connectivity index (χ2v) is 6.23. The van der Waals surface area contributed by atoms with Gasteiger partial charge in [0.2, 0.25) is 5.91 Å². The van der Waals surface area contributed by atoms with Crippen LogP contribution in [-0.2, 0) is 4.79 Å². The fourth-order valence-corrected chi connectivity index (χ4v) is 1.87. The van der Waals surface area contributed by atoms with Gasteiger partial charge in [-0.25, -0.2) is 4.98 Å². The molecule has 1 rings (SSSR count). The van der Waals surface area contributed by atoms with E-state index < -0.39 is 0 Å². The van der Waals surface area contributed by atoms with Crippen LogP contribution < -0.4 is 10.2 Å². The van der Waals surface area contributed by atoms with Crippen molar-refractivity contribution in [3.8, 4) is 0 Å². The monoisotopic (exact) mass is 292 g/mol. The summed E-state index contributed by atoms with van der Waals surface area (Å²) in [5, 5.41) is 2.83. The molecule has 0 bridgehead atoms. The van der Waals surface area contributed by atoms with E-state index in [-0.39, 0.29) is 23.9 Å². The second kappa shape index (κ2) is 6.56. The first-order valence-corrected chi connectivity index (χ1v) is 6.80. The van der Waals surface area contributed by atoms with Gasteiger partial charge in [0.1, 0.15) is 5.82 Å². The molecule has 2 amide bonds. The molecule has 0 saturated carbocycles. The van der Waals surface area contributed by atoms with Crippen LogP contribution in [0.25, 0.3) is 0 Å². The standard InChI is InChI=1S/C15H24N4O2/c1-15(2,3)17-12(20)10-19(6)14(21)11-8-7-9-16-13(11)18(4)5/h7-9H,10H2,1-6H3,(H,17,20). The summed E-state index contributed by atoms with van der Waals surface area (Å²) in [6.45, 7) is 5.71. The van der Waals surface area contributed by atoms with Crippen molar-refractivity contribution < 1.29 is 9.59 Å². The van der Waals surface area contributed by atoms with E-state index in [2.05, 4.69) is 10.3 Å². The number of likely N-dealkylation sites (N-methyl/N-ethyl adjacent to an activating group) is 1. The van der Waals surface area contributed by atoms with Gasteiger partial charge in [-0.3, -0.25) is 9.59 Å². The van der Waals surface area contributed by atoms with E-state index in [0.29, 0.717) is 11.4 Å². The first-order valence-electron chi connectivity index (χ1n) is 6.80. The quantitative estimate of drug-likeness (QED) is 0.903. The van der Waals surface area contributed by atoms with Crippen molar-refractivity contribution in [1.29, 1.82) is 0 Å². The van der Waals surface area contributed by atoms with Crippen molar-refractivity contribution in [3.05, 3.63) is 23.9 Å². The number of carbonyl (C=O) groups excluding carboxylic acids is 2. The lowest BCUT2D eigenvalue weighted by molar-refractivity contribution is -0.122. The maximum absolute atomic E-state index is 12.5. The molecule has 0 aromatic carbocycles. The van der Waals surface area contributed by atoms with E-state index in [0.717, 1.165) is 0 Å². The largest absolute Gasteiger partial charge is 0.362 e. The van der Waals surface area contributed by atoms with Crippen LogP contribution in [-0.4, -0.2) is 54.9 Å². The van der Waals surface area contributed by atoms with Crippen molar-refractivity contribution in [2.75, 3.05) is 32.6 Å². The average molecular weight is 292 g/mol. The van der Waals surface area contributed by atoms with Crippen LogP contribution in [0.3, 0.4) is 0 Å². The zero-order valence-corrected chi connectivity index (χ0v) is 13.6. The van der Waals surface area contributed by atoms with Crippen LogP contribution in [0.1, 0.15) is 31.1 Å². The molecular weight excluding hydrogens is 268 g/mol. The number of amides is 2. The minimum atomic E-state index is -0.315. The van der Waals surface area contributed by atoms with Crippen LogP contribution in [0.5, 0.6) is 0 Å². The molecule has 0 saturated heterocycles. The minimum absolute atomic E-state index is 0.0118. The first-order chi connectivity index (χ1) is 9.61. The van der Waals surface area contributed by atoms with Crippen LogP contribution in [0.15, 0.2) is 18.3 Å². The Hall–Kier alpha value is -2.11. The molecule has 1 heterocycles. The highest BCUT2D eigenvalue weighted by Crippen LogP contribution is 2.16. The highest BCUT2D eigenvalue weighted by Gasteiger charge is 2.21. The number of rotatable bonds is 4. The third-order valence-electron chi connectivity index (χ3n) is 2.68. The van der Waals surface area contributed by atoms with Gasteiger partial charge in [0.05, 0.1) is 12.1 Å². The molecule has 21 heavy (non-hydrogen) atoms. The number of carbonyl (C=O) groups is 2. The van der Waals surface area contributed by atoms with Crippen LogP contribution in [0.4, 0.5) is 5.82 Å². The zero-order chi connectivity index (χ0) is 16.2. The summed E-state index contributed by atoms with van der Waals surface area (Å²) < 4.78 is 0. The van der Waals surface area contributed by atoms with Crippen molar-refractivity contribution in [2.24, 2.45) is 0 Å². The molecule has 1 aromatic heterocycles. The third kappa shape index (κ3) is 5.06.